The molecular weight excluding hydrogens is 157 g/mol. The van der Waals surface area contributed by atoms with Crippen molar-refractivity contribution in [1.82, 2.24) is 5.32 Å². The minimum atomic E-state index is -0.794. The highest BCUT2D eigenvalue weighted by Gasteiger charge is 2.11. The third-order valence-corrected chi connectivity index (χ3v) is 1.39. The molecule has 0 rings (SSSR count). The van der Waals surface area contributed by atoms with Crippen LogP contribution in [0.25, 0.3) is 0 Å². The zero-order valence-corrected chi connectivity index (χ0v) is 8.48. The summed E-state index contributed by atoms with van der Waals surface area (Å²) in [5.41, 5.74) is -0.153. The summed E-state index contributed by atoms with van der Waals surface area (Å²) in [5, 5.41) is 2.78. The van der Waals surface area contributed by atoms with Crippen LogP contribution >= 0.6 is 0 Å². The summed E-state index contributed by atoms with van der Waals surface area (Å²) < 4.78 is 18.2. The summed E-state index contributed by atoms with van der Waals surface area (Å²) >= 11 is 0. The van der Waals surface area contributed by atoms with Crippen LogP contribution in [-0.2, 0) is 4.74 Å². The Morgan fingerprint density at radius 1 is 1.42 bits per heavy atom. The molecule has 0 aromatic heterocycles. The minimum absolute atomic E-state index is 0.153. The first-order valence-electron chi connectivity index (χ1n) is 4.38. The highest BCUT2D eigenvalue weighted by Crippen LogP contribution is 2.08. The van der Waals surface area contributed by atoms with Crippen molar-refractivity contribution in [2.75, 3.05) is 20.2 Å². The first kappa shape index (κ1) is 11.8. The molecule has 0 radical (unpaired) electrons. The highest BCUT2D eigenvalue weighted by molar-refractivity contribution is 4.62. The summed E-state index contributed by atoms with van der Waals surface area (Å²) in [6, 6.07) is 0. The predicted molar refractivity (Wildman–Crippen MR) is 49.1 cm³/mol. The topological polar surface area (TPSA) is 21.3 Å². The van der Waals surface area contributed by atoms with Gasteiger partial charge in [0, 0.05) is 13.0 Å². The molecule has 0 spiro atoms. The molecule has 1 N–H and O–H groups in total. The van der Waals surface area contributed by atoms with Gasteiger partial charge in [-0.15, -0.1) is 0 Å². The van der Waals surface area contributed by atoms with E-state index in [1.165, 1.54) is 0 Å². The largest absolute Gasteiger partial charge is 0.376 e. The van der Waals surface area contributed by atoms with E-state index in [4.69, 9.17) is 4.74 Å². The van der Waals surface area contributed by atoms with Crippen molar-refractivity contribution in [2.45, 2.75) is 39.0 Å². The van der Waals surface area contributed by atoms with Crippen LogP contribution in [0.15, 0.2) is 0 Å². The fourth-order valence-electron chi connectivity index (χ4n) is 0.817. The average molecular weight is 177 g/mol. The lowest BCUT2D eigenvalue weighted by Gasteiger charge is -2.20. The van der Waals surface area contributed by atoms with Crippen LogP contribution in [0.3, 0.4) is 0 Å². The lowest BCUT2D eigenvalue weighted by atomic mass is 10.2. The smallest absolute Gasteiger partial charge is 0.115 e. The van der Waals surface area contributed by atoms with Gasteiger partial charge in [0.25, 0.3) is 0 Å². The van der Waals surface area contributed by atoms with Crippen molar-refractivity contribution >= 4 is 0 Å². The van der Waals surface area contributed by atoms with Gasteiger partial charge in [0.1, 0.15) is 6.17 Å². The summed E-state index contributed by atoms with van der Waals surface area (Å²) in [7, 11) is 1.75. The van der Waals surface area contributed by atoms with Gasteiger partial charge in [-0.05, 0) is 27.8 Å². The molecule has 0 fully saturated rings. The SMILES string of the molecule is CNCC(F)CCOC(C)(C)C. The number of halogens is 1. The van der Waals surface area contributed by atoms with E-state index in [2.05, 4.69) is 5.32 Å². The van der Waals surface area contributed by atoms with Crippen LogP contribution in [0.2, 0.25) is 0 Å². The van der Waals surface area contributed by atoms with Gasteiger partial charge in [0.05, 0.1) is 12.2 Å². The normalized spacial score (nSPS) is 14.8. The minimum Gasteiger partial charge on any atom is -0.376 e. The van der Waals surface area contributed by atoms with E-state index in [0.29, 0.717) is 19.6 Å². The molecule has 0 aliphatic carbocycles. The molecule has 1 atom stereocenters. The maximum atomic E-state index is 12.8. The van der Waals surface area contributed by atoms with Gasteiger partial charge in [-0.3, -0.25) is 0 Å². The van der Waals surface area contributed by atoms with Crippen molar-refractivity contribution in [3.05, 3.63) is 0 Å². The van der Waals surface area contributed by atoms with E-state index in [1.807, 2.05) is 20.8 Å². The van der Waals surface area contributed by atoms with E-state index < -0.39 is 6.17 Å². The average Bonchev–Trinajstić information content (AvgIpc) is 1.84. The molecule has 0 aromatic carbocycles. The van der Waals surface area contributed by atoms with Gasteiger partial charge in [-0.25, -0.2) is 4.39 Å². The Balaban J connectivity index is 3.31. The summed E-state index contributed by atoms with van der Waals surface area (Å²) in [4.78, 5) is 0. The number of rotatable bonds is 5. The van der Waals surface area contributed by atoms with Gasteiger partial charge in [0.15, 0.2) is 0 Å². The molecule has 0 aromatic rings. The zero-order valence-electron chi connectivity index (χ0n) is 8.48. The molecule has 0 bridgehead atoms. The number of nitrogens with one attached hydrogen (secondary N) is 1. The maximum absolute atomic E-state index is 12.8. The van der Waals surface area contributed by atoms with Gasteiger partial charge < -0.3 is 10.1 Å². The molecule has 0 heterocycles. The molecule has 0 aliphatic heterocycles. The number of hydrogen-bond acceptors (Lipinski definition) is 2. The molecule has 2 nitrogen and oxygen atoms in total. The fourth-order valence-corrected chi connectivity index (χ4v) is 0.817. The lowest BCUT2D eigenvalue weighted by Crippen LogP contribution is -2.25. The molecule has 12 heavy (non-hydrogen) atoms. The van der Waals surface area contributed by atoms with Gasteiger partial charge in [-0.2, -0.15) is 0 Å². The number of alkyl halides is 1. The molecule has 1 unspecified atom stereocenters. The van der Waals surface area contributed by atoms with Crippen LogP contribution in [0.5, 0.6) is 0 Å². The Hall–Kier alpha value is -0.150. The number of ether oxygens (including phenoxy) is 1. The van der Waals surface area contributed by atoms with Gasteiger partial charge in [-0.1, -0.05) is 0 Å². The monoisotopic (exact) mass is 177 g/mol. The standard InChI is InChI=1S/C9H20FNO/c1-9(2,3)12-6-5-8(10)7-11-4/h8,11H,5-7H2,1-4H3. The zero-order chi connectivity index (χ0) is 9.61. The Bertz CT molecular complexity index is 112. The lowest BCUT2D eigenvalue weighted by molar-refractivity contribution is -0.0110. The second kappa shape index (κ2) is 5.49. The van der Waals surface area contributed by atoms with Crippen molar-refractivity contribution in [2.24, 2.45) is 0 Å². The van der Waals surface area contributed by atoms with Crippen molar-refractivity contribution < 1.29 is 9.13 Å². The molecule has 74 valence electrons. The first-order valence-corrected chi connectivity index (χ1v) is 4.38. The maximum Gasteiger partial charge on any atom is 0.115 e. The Labute approximate surface area is 74.5 Å². The Kier molecular flexibility index (Phi) is 5.42. The summed E-state index contributed by atoms with van der Waals surface area (Å²) in [6.07, 6.45) is -0.324. The Morgan fingerprint density at radius 3 is 2.42 bits per heavy atom. The van der Waals surface area contributed by atoms with E-state index in [1.54, 1.807) is 7.05 Å². The third-order valence-electron chi connectivity index (χ3n) is 1.39. The van der Waals surface area contributed by atoms with Crippen LogP contribution in [-0.4, -0.2) is 32.0 Å². The second-order valence-corrected chi connectivity index (χ2v) is 3.90. The van der Waals surface area contributed by atoms with Crippen LogP contribution in [0, 0.1) is 0 Å². The van der Waals surface area contributed by atoms with Crippen LogP contribution < -0.4 is 5.32 Å². The van der Waals surface area contributed by atoms with E-state index in [0.717, 1.165) is 0 Å². The van der Waals surface area contributed by atoms with Crippen LogP contribution in [0.1, 0.15) is 27.2 Å². The molecule has 0 saturated carbocycles. The predicted octanol–water partition coefficient (Wildman–Crippen LogP) is 1.75. The van der Waals surface area contributed by atoms with E-state index in [-0.39, 0.29) is 5.60 Å². The highest BCUT2D eigenvalue weighted by atomic mass is 19.1. The summed E-state index contributed by atoms with van der Waals surface area (Å²) in [6.45, 7) is 6.81. The first-order chi connectivity index (χ1) is 5.45. The molecule has 0 aliphatic rings. The summed E-state index contributed by atoms with van der Waals surface area (Å²) in [5.74, 6) is 0. The quantitative estimate of drug-likeness (QED) is 0.690. The Morgan fingerprint density at radius 2 is 2.00 bits per heavy atom. The molecule has 3 heteroatoms. The van der Waals surface area contributed by atoms with Crippen molar-refractivity contribution in [3.63, 3.8) is 0 Å². The molecule has 0 amide bonds. The van der Waals surface area contributed by atoms with Crippen molar-refractivity contribution in [1.29, 1.82) is 0 Å². The molecule has 0 saturated heterocycles. The number of hydrogen-bond donors (Lipinski definition) is 1. The van der Waals surface area contributed by atoms with E-state index >= 15 is 0 Å². The van der Waals surface area contributed by atoms with E-state index in [9.17, 15) is 4.39 Å². The van der Waals surface area contributed by atoms with Gasteiger partial charge in [0.2, 0.25) is 0 Å². The van der Waals surface area contributed by atoms with Gasteiger partial charge >= 0.3 is 0 Å². The fraction of sp³-hybridized carbons (Fsp3) is 1.00. The third kappa shape index (κ3) is 7.95. The second-order valence-electron chi connectivity index (χ2n) is 3.90. The van der Waals surface area contributed by atoms with Crippen LogP contribution in [0.4, 0.5) is 4.39 Å². The van der Waals surface area contributed by atoms with Crippen molar-refractivity contribution in [3.8, 4) is 0 Å². The molecular formula is C9H20FNO.